The van der Waals surface area contributed by atoms with Crippen molar-refractivity contribution in [3.63, 3.8) is 0 Å². The van der Waals surface area contributed by atoms with Gasteiger partial charge in [-0.2, -0.15) is 0 Å². The van der Waals surface area contributed by atoms with Crippen molar-refractivity contribution in [3.8, 4) is 5.75 Å². The molecular weight excluding hydrogens is 657 g/mol. The van der Waals surface area contributed by atoms with Gasteiger partial charge in [0.15, 0.2) is 11.6 Å². The summed E-state index contributed by atoms with van der Waals surface area (Å²) in [5, 5.41) is 0. The Morgan fingerprint density at radius 2 is 1.12 bits per heavy atom. The Kier molecular flexibility index (Phi) is 13.3. The number of carbonyl (C=O) groups excluding carboxylic acids is 2. The summed E-state index contributed by atoms with van der Waals surface area (Å²) < 4.78 is 11.8. The Balaban J connectivity index is 1.08. The first-order valence-corrected chi connectivity index (χ1v) is 20.3. The van der Waals surface area contributed by atoms with Crippen LogP contribution >= 0.6 is 23.5 Å². The molecule has 1 saturated carbocycles. The maximum atomic E-state index is 14.1. The van der Waals surface area contributed by atoms with Crippen LogP contribution in [0.5, 0.6) is 5.75 Å². The fourth-order valence-electron chi connectivity index (χ4n) is 7.10. The van der Waals surface area contributed by atoms with Gasteiger partial charge in [-0.3, -0.25) is 9.59 Å². The average molecular weight is 707 g/mol. The van der Waals surface area contributed by atoms with Crippen molar-refractivity contribution in [2.45, 2.75) is 104 Å². The summed E-state index contributed by atoms with van der Waals surface area (Å²) in [6, 6.07) is 28.0. The molecule has 0 aromatic heterocycles. The Morgan fingerprint density at radius 1 is 0.600 bits per heavy atom. The number of ether oxygens (including phenoxy) is 2. The quantitative estimate of drug-likeness (QED) is 0.0897. The largest absolute Gasteiger partial charge is 0.493 e. The topological polar surface area (TPSA) is 52.6 Å². The molecule has 4 aromatic rings. The van der Waals surface area contributed by atoms with Crippen molar-refractivity contribution in [1.29, 1.82) is 0 Å². The minimum Gasteiger partial charge on any atom is -0.493 e. The van der Waals surface area contributed by atoms with Crippen LogP contribution in [0.1, 0.15) is 115 Å². The number of rotatable bonds is 17. The van der Waals surface area contributed by atoms with E-state index in [-0.39, 0.29) is 11.6 Å². The molecular formula is C44H50O4S2. The predicted octanol–water partition coefficient (Wildman–Crippen LogP) is 11.9. The van der Waals surface area contributed by atoms with Gasteiger partial charge in [-0.15, -0.1) is 0 Å². The summed E-state index contributed by atoms with van der Waals surface area (Å²) in [5.41, 5.74) is 3.31. The highest BCUT2D eigenvalue weighted by molar-refractivity contribution is 7.99. The van der Waals surface area contributed by atoms with E-state index in [0.717, 1.165) is 51.6 Å². The van der Waals surface area contributed by atoms with E-state index in [1.165, 1.54) is 81.5 Å². The molecule has 0 aliphatic heterocycles. The maximum Gasteiger partial charge on any atom is 0.195 e. The van der Waals surface area contributed by atoms with E-state index in [1.807, 2.05) is 48.5 Å². The van der Waals surface area contributed by atoms with E-state index in [4.69, 9.17) is 9.47 Å². The van der Waals surface area contributed by atoms with Gasteiger partial charge in [0.25, 0.3) is 0 Å². The van der Waals surface area contributed by atoms with E-state index < -0.39 is 0 Å². The van der Waals surface area contributed by atoms with Crippen LogP contribution in [0, 0.1) is 11.8 Å². The first-order valence-electron chi connectivity index (χ1n) is 18.6. The molecule has 0 atom stereocenters. The molecule has 0 spiro atoms. The molecule has 0 unspecified atom stereocenters. The fourth-order valence-corrected chi connectivity index (χ4v) is 9.06. The SMILES string of the molecule is CCCCCCCCc1ccc(Sc2cccc3c2C(=O)c2cccc(Sc4ccc(OCC5CCC(COCC)CC5)cc4)c2C3=O)cc1. The van der Waals surface area contributed by atoms with E-state index >= 15 is 0 Å². The third-order valence-corrected chi connectivity index (χ3v) is 12.2. The van der Waals surface area contributed by atoms with E-state index in [2.05, 4.69) is 38.1 Å². The van der Waals surface area contributed by atoms with Gasteiger partial charge in [-0.05, 0) is 111 Å². The number of benzene rings is 4. The molecule has 2 aliphatic rings. The lowest BCUT2D eigenvalue weighted by molar-refractivity contribution is 0.0792. The van der Waals surface area contributed by atoms with E-state index in [0.29, 0.717) is 34.1 Å². The third kappa shape index (κ3) is 9.31. The highest BCUT2D eigenvalue weighted by Crippen LogP contribution is 2.41. The number of hydrogen-bond acceptors (Lipinski definition) is 6. The van der Waals surface area contributed by atoms with Gasteiger partial charge in [0.1, 0.15) is 5.75 Å². The summed E-state index contributed by atoms with van der Waals surface area (Å²) in [7, 11) is 0. The predicted molar refractivity (Wildman–Crippen MR) is 205 cm³/mol. The van der Waals surface area contributed by atoms with Crippen LogP contribution in [-0.2, 0) is 11.2 Å². The van der Waals surface area contributed by atoms with Gasteiger partial charge < -0.3 is 9.47 Å². The van der Waals surface area contributed by atoms with Crippen LogP contribution in [-0.4, -0.2) is 31.4 Å². The zero-order valence-electron chi connectivity index (χ0n) is 29.6. The number of ketones is 2. The lowest BCUT2D eigenvalue weighted by Gasteiger charge is -2.28. The van der Waals surface area contributed by atoms with E-state index in [9.17, 15) is 9.59 Å². The van der Waals surface area contributed by atoms with E-state index in [1.54, 1.807) is 23.9 Å². The zero-order valence-corrected chi connectivity index (χ0v) is 31.2. The highest BCUT2D eigenvalue weighted by Gasteiger charge is 2.34. The summed E-state index contributed by atoms with van der Waals surface area (Å²) in [4.78, 5) is 31.8. The molecule has 6 rings (SSSR count). The molecule has 0 N–H and O–H groups in total. The van der Waals surface area contributed by atoms with Crippen LogP contribution in [0.15, 0.2) is 105 Å². The summed E-state index contributed by atoms with van der Waals surface area (Å²) >= 11 is 3.07. The molecule has 0 heterocycles. The Morgan fingerprint density at radius 3 is 1.68 bits per heavy atom. The lowest BCUT2D eigenvalue weighted by Crippen LogP contribution is -2.22. The Bertz CT molecular complexity index is 1720. The molecule has 4 nitrogen and oxygen atoms in total. The van der Waals surface area contributed by atoms with Gasteiger partial charge in [-0.1, -0.05) is 98.9 Å². The fraction of sp³-hybridized carbons (Fsp3) is 0.409. The average Bonchev–Trinajstić information content (AvgIpc) is 3.15. The van der Waals surface area contributed by atoms with Crippen LogP contribution < -0.4 is 4.74 Å². The van der Waals surface area contributed by atoms with Crippen LogP contribution in [0.3, 0.4) is 0 Å². The highest BCUT2D eigenvalue weighted by atomic mass is 32.2. The second-order valence-corrected chi connectivity index (χ2v) is 15.9. The molecule has 6 heteroatoms. The van der Waals surface area contributed by atoms with Gasteiger partial charge in [0.2, 0.25) is 0 Å². The maximum absolute atomic E-state index is 14.1. The minimum absolute atomic E-state index is 0.0875. The van der Waals surface area contributed by atoms with Gasteiger partial charge in [0.05, 0.1) is 6.61 Å². The number of fused-ring (bicyclic) bond motifs is 2. The molecule has 4 aromatic carbocycles. The lowest BCUT2D eigenvalue weighted by atomic mass is 9.83. The molecule has 1 fully saturated rings. The molecule has 0 bridgehead atoms. The van der Waals surface area contributed by atoms with Crippen molar-refractivity contribution in [2.24, 2.45) is 11.8 Å². The molecule has 0 saturated heterocycles. The van der Waals surface area contributed by atoms with Gasteiger partial charge in [0, 0.05) is 55.0 Å². The Labute approximate surface area is 307 Å². The number of aryl methyl sites for hydroxylation is 1. The molecule has 262 valence electrons. The van der Waals surface area contributed by atoms with Crippen LogP contribution in [0.4, 0.5) is 0 Å². The van der Waals surface area contributed by atoms with Gasteiger partial charge >= 0.3 is 0 Å². The number of hydrogen-bond donors (Lipinski definition) is 0. The second-order valence-electron chi connectivity index (χ2n) is 13.7. The smallest absolute Gasteiger partial charge is 0.195 e. The number of unbranched alkanes of at least 4 members (excludes halogenated alkanes) is 5. The number of carbonyl (C=O) groups is 2. The second kappa shape index (κ2) is 18.3. The summed E-state index contributed by atoms with van der Waals surface area (Å²) in [5.74, 6) is 1.95. The standard InChI is InChI=1S/C44H50O4S2/c1-3-5-6-7-8-9-12-31-21-25-35(26-22-31)49-39-15-10-13-37-41(39)43(45)38-14-11-16-40(42(38)44(37)46)50-36-27-23-34(24-28-36)48-30-33-19-17-32(18-20-33)29-47-4-2/h10-11,13-16,21-28,32-33H,3-9,12,17-20,29-30H2,1-2H3. The van der Waals surface area contributed by atoms with Gasteiger partial charge in [-0.25, -0.2) is 0 Å². The third-order valence-electron chi connectivity index (χ3n) is 10.0. The van der Waals surface area contributed by atoms with Crippen molar-refractivity contribution >= 4 is 35.1 Å². The molecule has 50 heavy (non-hydrogen) atoms. The first-order chi connectivity index (χ1) is 24.5. The summed E-state index contributed by atoms with van der Waals surface area (Å²) in [6.45, 7) is 6.72. The molecule has 0 radical (unpaired) electrons. The monoisotopic (exact) mass is 706 g/mol. The van der Waals surface area contributed by atoms with Crippen LogP contribution in [0.2, 0.25) is 0 Å². The Hall–Kier alpha value is -3.32. The minimum atomic E-state index is -0.0923. The van der Waals surface area contributed by atoms with Crippen molar-refractivity contribution in [1.82, 2.24) is 0 Å². The van der Waals surface area contributed by atoms with Crippen molar-refractivity contribution < 1.29 is 19.1 Å². The summed E-state index contributed by atoms with van der Waals surface area (Å²) in [6.07, 6.45) is 13.7. The first kappa shape index (κ1) is 36.5. The van der Waals surface area contributed by atoms with Crippen molar-refractivity contribution in [2.75, 3.05) is 19.8 Å². The molecule has 0 amide bonds. The molecule has 2 aliphatic carbocycles. The zero-order chi connectivity index (χ0) is 34.7. The normalized spacial score (nSPS) is 17.0. The van der Waals surface area contributed by atoms with Crippen molar-refractivity contribution in [3.05, 3.63) is 113 Å². The van der Waals surface area contributed by atoms with Crippen LogP contribution in [0.25, 0.3) is 0 Å².